The van der Waals surface area contributed by atoms with Gasteiger partial charge in [-0.15, -0.1) is 0 Å². The summed E-state index contributed by atoms with van der Waals surface area (Å²) < 4.78 is 5.01. The average Bonchev–Trinajstić information content (AvgIpc) is 2.47. The zero-order chi connectivity index (χ0) is 10.1. The minimum absolute atomic E-state index is 0.179. The Balaban J connectivity index is 2.58. The molecule has 0 spiro atoms. The smallest absolute Gasteiger partial charge is 0.237 e. The van der Waals surface area contributed by atoms with E-state index in [1.165, 1.54) is 0 Å². The van der Waals surface area contributed by atoms with Gasteiger partial charge in [-0.05, 0) is 0 Å². The molecule has 0 bridgehead atoms. The van der Waals surface area contributed by atoms with E-state index in [9.17, 15) is 10.2 Å². The third kappa shape index (κ3) is 1.17. The summed E-state index contributed by atoms with van der Waals surface area (Å²) in [5, 5.41) is 18.7. The molecule has 4 N–H and O–H groups in total. The first-order chi connectivity index (χ1) is 6.70. The van der Waals surface area contributed by atoms with Gasteiger partial charge in [-0.1, -0.05) is 30.3 Å². The molecule has 0 aliphatic rings. The number of nitrogen functional groups attached to an aromatic ring is 1. The Morgan fingerprint density at radius 1 is 1.00 bits per heavy atom. The molecule has 0 radical (unpaired) electrons. The first kappa shape index (κ1) is 8.50. The second kappa shape index (κ2) is 2.99. The molecule has 1 aromatic carbocycles. The molecular weight excluding hydrogens is 182 g/mol. The van der Waals surface area contributed by atoms with E-state index < -0.39 is 5.75 Å². The lowest BCUT2D eigenvalue weighted by Gasteiger charge is -1.95. The van der Waals surface area contributed by atoms with Crippen LogP contribution in [-0.4, -0.2) is 10.2 Å². The maximum absolute atomic E-state index is 9.45. The Kier molecular flexibility index (Phi) is 1.81. The Labute approximate surface area is 80.2 Å². The number of rotatable bonds is 1. The van der Waals surface area contributed by atoms with Gasteiger partial charge in [-0.3, -0.25) is 0 Å². The number of nitrogens with two attached hydrogens (primary N) is 1. The van der Waals surface area contributed by atoms with Crippen LogP contribution >= 0.6 is 0 Å². The summed E-state index contributed by atoms with van der Waals surface area (Å²) in [6.45, 7) is 0. The van der Waals surface area contributed by atoms with E-state index in [0.29, 0.717) is 5.56 Å². The van der Waals surface area contributed by atoms with Gasteiger partial charge < -0.3 is 20.4 Å². The summed E-state index contributed by atoms with van der Waals surface area (Å²) in [4.78, 5) is 0. The van der Waals surface area contributed by atoms with Crippen LogP contribution < -0.4 is 5.73 Å². The van der Waals surface area contributed by atoms with Crippen LogP contribution in [0, 0.1) is 0 Å². The van der Waals surface area contributed by atoms with E-state index in [4.69, 9.17) is 10.2 Å². The van der Waals surface area contributed by atoms with Gasteiger partial charge in [0, 0.05) is 5.56 Å². The van der Waals surface area contributed by atoms with Crippen molar-refractivity contribution in [1.82, 2.24) is 0 Å². The second-order valence-corrected chi connectivity index (χ2v) is 2.86. The number of hydrogen-bond acceptors (Lipinski definition) is 4. The summed E-state index contributed by atoms with van der Waals surface area (Å²) >= 11 is 0. The van der Waals surface area contributed by atoms with Crippen molar-refractivity contribution in [2.45, 2.75) is 0 Å². The highest BCUT2D eigenvalue weighted by Gasteiger charge is 2.17. The molecule has 0 saturated carbocycles. The Morgan fingerprint density at radius 2 is 1.64 bits per heavy atom. The molecule has 0 unspecified atom stereocenters. The van der Waals surface area contributed by atoms with E-state index in [1.807, 2.05) is 6.07 Å². The molecule has 1 heterocycles. The van der Waals surface area contributed by atoms with Crippen molar-refractivity contribution in [3.05, 3.63) is 30.3 Å². The SMILES string of the molecule is Nc1oc(-c2ccccc2)c(O)c1O. The largest absolute Gasteiger partial charge is 0.502 e. The van der Waals surface area contributed by atoms with Gasteiger partial charge in [0.25, 0.3) is 0 Å². The maximum Gasteiger partial charge on any atom is 0.237 e. The number of benzene rings is 1. The van der Waals surface area contributed by atoms with Gasteiger partial charge in [0.05, 0.1) is 0 Å². The van der Waals surface area contributed by atoms with Crippen LogP contribution in [0.1, 0.15) is 0 Å². The van der Waals surface area contributed by atoms with Crippen LogP contribution in [-0.2, 0) is 0 Å². The predicted octanol–water partition coefficient (Wildman–Crippen LogP) is 1.94. The fourth-order valence-electron chi connectivity index (χ4n) is 1.22. The van der Waals surface area contributed by atoms with E-state index in [0.717, 1.165) is 0 Å². The second-order valence-electron chi connectivity index (χ2n) is 2.86. The standard InChI is InChI=1S/C10H9NO3/c11-10-8(13)7(12)9(14-10)6-4-2-1-3-5-6/h1-5,12-13H,11H2. The summed E-state index contributed by atoms with van der Waals surface area (Å²) in [5.74, 6) is -0.737. The normalized spacial score (nSPS) is 10.3. The van der Waals surface area contributed by atoms with Crippen molar-refractivity contribution >= 4 is 5.88 Å². The highest BCUT2D eigenvalue weighted by atomic mass is 16.4. The summed E-state index contributed by atoms with van der Waals surface area (Å²) in [6, 6.07) is 8.93. The Bertz CT molecular complexity index is 448. The molecule has 0 aliphatic heterocycles. The third-order valence-corrected chi connectivity index (χ3v) is 1.92. The maximum atomic E-state index is 9.45. The summed E-state index contributed by atoms with van der Waals surface area (Å²) in [6.07, 6.45) is 0. The topological polar surface area (TPSA) is 79.6 Å². The quantitative estimate of drug-likeness (QED) is 0.643. The molecule has 4 nitrogen and oxygen atoms in total. The lowest BCUT2D eigenvalue weighted by atomic mass is 10.1. The molecular formula is C10H9NO3. The lowest BCUT2D eigenvalue weighted by molar-refractivity contribution is 0.410. The predicted molar refractivity (Wildman–Crippen MR) is 51.9 cm³/mol. The van der Waals surface area contributed by atoms with Crippen LogP contribution in [0.2, 0.25) is 0 Å². The third-order valence-electron chi connectivity index (χ3n) is 1.92. The van der Waals surface area contributed by atoms with Gasteiger partial charge in [0.1, 0.15) is 0 Å². The lowest BCUT2D eigenvalue weighted by Crippen LogP contribution is -1.78. The van der Waals surface area contributed by atoms with E-state index in [2.05, 4.69) is 0 Å². The number of furan rings is 1. The zero-order valence-electron chi connectivity index (χ0n) is 7.27. The highest BCUT2D eigenvalue weighted by molar-refractivity contribution is 5.72. The van der Waals surface area contributed by atoms with Crippen molar-refractivity contribution in [1.29, 1.82) is 0 Å². The van der Waals surface area contributed by atoms with Crippen molar-refractivity contribution < 1.29 is 14.6 Å². The van der Waals surface area contributed by atoms with Crippen LogP contribution in [0.4, 0.5) is 5.88 Å². The van der Waals surface area contributed by atoms with Crippen molar-refractivity contribution in [2.75, 3.05) is 5.73 Å². The number of aromatic hydroxyl groups is 2. The van der Waals surface area contributed by atoms with Crippen LogP contribution in [0.25, 0.3) is 11.3 Å². The van der Waals surface area contributed by atoms with Crippen LogP contribution in [0.15, 0.2) is 34.7 Å². The Hall–Kier alpha value is -2.10. The number of hydrogen-bond donors (Lipinski definition) is 3. The molecule has 14 heavy (non-hydrogen) atoms. The first-order valence-corrected chi connectivity index (χ1v) is 4.05. The molecule has 0 atom stereocenters. The molecule has 1 aromatic heterocycles. The minimum atomic E-state index is -0.413. The fraction of sp³-hybridized carbons (Fsp3) is 0. The van der Waals surface area contributed by atoms with Crippen molar-refractivity contribution in [3.63, 3.8) is 0 Å². The summed E-state index contributed by atoms with van der Waals surface area (Å²) in [7, 11) is 0. The molecule has 2 rings (SSSR count). The van der Waals surface area contributed by atoms with Gasteiger partial charge >= 0.3 is 0 Å². The van der Waals surface area contributed by atoms with Gasteiger partial charge in [-0.25, -0.2) is 0 Å². The minimum Gasteiger partial charge on any atom is -0.502 e. The zero-order valence-corrected chi connectivity index (χ0v) is 7.27. The number of anilines is 1. The Morgan fingerprint density at radius 3 is 2.14 bits per heavy atom. The first-order valence-electron chi connectivity index (χ1n) is 4.05. The van der Waals surface area contributed by atoms with Crippen LogP contribution in [0.5, 0.6) is 11.5 Å². The fourth-order valence-corrected chi connectivity index (χ4v) is 1.22. The van der Waals surface area contributed by atoms with E-state index in [1.54, 1.807) is 24.3 Å². The van der Waals surface area contributed by atoms with E-state index >= 15 is 0 Å². The van der Waals surface area contributed by atoms with Crippen molar-refractivity contribution in [2.24, 2.45) is 0 Å². The van der Waals surface area contributed by atoms with Crippen LogP contribution in [0.3, 0.4) is 0 Å². The molecule has 0 aliphatic carbocycles. The van der Waals surface area contributed by atoms with Gasteiger partial charge in [-0.2, -0.15) is 0 Å². The monoisotopic (exact) mass is 191 g/mol. The van der Waals surface area contributed by atoms with Gasteiger partial charge in [0.15, 0.2) is 5.76 Å². The molecule has 72 valence electrons. The van der Waals surface area contributed by atoms with Gasteiger partial charge in [0.2, 0.25) is 17.4 Å². The average molecular weight is 191 g/mol. The molecule has 0 saturated heterocycles. The molecule has 0 amide bonds. The highest BCUT2D eigenvalue weighted by Crippen LogP contribution is 2.43. The van der Waals surface area contributed by atoms with E-state index in [-0.39, 0.29) is 17.4 Å². The molecule has 4 heteroatoms. The summed E-state index contributed by atoms with van der Waals surface area (Å²) in [5.41, 5.74) is 5.97. The van der Waals surface area contributed by atoms with Crippen molar-refractivity contribution in [3.8, 4) is 22.8 Å². The molecule has 0 fully saturated rings. The molecule has 2 aromatic rings.